The summed E-state index contributed by atoms with van der Waals surface area (Å²) in [5.74, 6) is -0.708. The Bertz CT molecular complexity index is 974. The maximum Gasteiger partial charge on any atom is 0.335 e. The Morgan fingerprint density at radius 3 is 2.79 bits per heavy atom. The van der Waals surface area contributed by atoms with Gasteiger partial charge in [0.1, 0.15) is 11.6 Å². The maximum absolute atomic E-state index is 11.3. The summed E-state index contributed by atoms with van der Waals surface area (Å²) in [5, 5.41) is 20.4. The predicted molar refractivity (Wildman–Crippen MR) is 90.0 cm³/mol. The van der Waals surface area contributed by atoms with E-state index in [2.05, 4.69) is 11.1 Å². The summed E-state index contributed by atoms with van der Waals surface area (Å²) in [4.78, 5) is 15.4. The molecule has 5 nitrogen and oxygen atoms in total. The SMILES string of the molecule is CCOc1nccc(-c2cccc3ccc(C(=O)O)cc23)c1C#N. The van der Waals surface area contributed by atoms with E-state index in [1.807, 2.05) is 25.1 Å². The molecule has 3 rings (SSSR count). The third-order valence-electron chi connectivity index (χ3n) is 3.73. The average molecular weight is 318 g/mol. The van der Waals surface area contributed by atoms with Gasteiger partial charge in [-0.2, -0.15) is 5.26 Å². The number of aromatic carboxylic acids is 1. The largest absolute Gasteiger partial charge is 0.478 e. The molecule has 0 saturated heterocycles. The fraction of sp³-hybridized carbons (Fsp3) is 0.105. The van der Waals surface area contributed by atoms with E-state index in [1.54, 1.807) is 30.5 Å². The quantitative estimate of drug-likeness (QED) is 0.789. The van der Waals surface area contributed by atoms with Gasteiger partial charge in [0.05, 0.1) is 12.2 Å². The molecule has 1 N–H and O–H groups in total. The molecule has 0 aliphatic heterocycles. The first kappa shape index (κ1) is 15.5. The van der Waals surface area contributed by atoms with E-state index in [0.29, 0.717) is 17.7 Å². The van der Waals surface area contributed by atoms with Gasteiger partial charge in [-0.1, -0.05) is 24.3 Å². The molecule has 0 atom stereocenters. The molecular weight excluding hydrogens is 304 g/mol. The Balaban J connectivity index is 2.30. The molecule has 0 aliphatic rings. The van der Waals surface area contributed by atoms with Crippen LogP contribution in [-0.2, 0) is 0 Å². The zero-order valence-corrected chi connectivity index (χ0v) is 13.0. The molecule has 1 heterocycles. The summed E-state index contributed by atoms with van der Waals surface area (Å²) in [6.07, 6.45) is 1.58. The number of pyridine rings is 1. The molecule has 0 amide bonds. The molecule has 2 aromatic carbocycles. The van der Waals surface area contributed by atoms with Crippen molar-refractivity contribution in [2.45, 2.75) is 6.92 Å². The van der Waals surface area contributed by atoms with Gasteiger partial charge >= 0.3 is 5.97 Å². The summed E-state index contributed by atoms with van der Waals surface area (Å²) in [5.41, 5.74) is 1.99. The number of carbonyl (C=O) groups is 1. The lowest BCUT2D eigenvalue weighted by atomic mass is 9.95. The van der Waals surface area contributed by atoms with Gasteiger partial charge in [0, 0.05) is 11.8 Å². The third kappa shape index (κ3) is 2.66. The van der Waals surface area contributed by atoms with E-state index >= 15 is 0 Å². The number of fused-ring (bicyclic) bond motifs is 1. The Labute approximate surface area is 138 Å². The van der Waals surface area contributed by atoms with Crippen LogP contribution in [0.25, 0.3) is 21.9 Å². The molecule has 0 fully saturated rings. The minimum absolute atomic E-state index is 0.201. The molecular formula is C19H14N2O3. The van der Waals surface area contributed by atoms with Crippen molar-refractivity contribution in [3.05, 3.63) is 59.8 Å². The van der Waals surface area contributed by atoms with Crippen molar-refractivity contribution in [3.63, 3.8) is 0 Å². The van der Waals surface area contributed by atoms with Crippen molar-refractivity contribution in [2.24, 2.45) is 0 Å². The van der Waals surface area contributed by atoms with Crippen LogP contribution in [0.4, 0.5) is 0 Å². The number of nitrogens with zero attached hydrogens (tertiary/aromatic N) is 2. The Hall–Kier alpha value is -3.39. The lowest BCUT2D eigenvalue weighted by Gasteiger charge is -2.11. The van der Waals surface area contributed by atoms with Crippen molar-refractivity contribution in [1.29, 1.82) is 5.26 Å². The van der Waals surface area contributed by atoms with Gasteiger partial charge in [0.2, 0.25) is 5.88 Å². The molecule has 0 bridgehead atoms. The second-order valence-electron chi connectivity index (χ2n) is 5.13. The number of benzene rings is 2. The summed E-state index contributed by atoms with van der Waals surface area (Å²) >= 11 is 0. The van der Waals surface area contributed by atoms with Crippen LogP contribution in [0.2, 0.25) is 0 Å². The van der Waals surface area contributed by atoms with Gasteiger partial charge in [-0.3, -0.25) is 0 Å². The van der Waals surface area contributed by atoms with Crippen molar-refractivity contribution in [1.82, 2.24) is 4.98 Å². The summed E-state index contributed by atoms with van der Waals surface area (Å²) in [6.45, 7) is 2.23. The topological polar surface area (TPSA) is 83.2 Å². The normalized spacial score (nSPS) is 10.3. The summed E-state index contributed by atoms with van der Waals surface area (Å²) < 4.78 is 5.44. The minimum atomic E-state index is -0.989. The van der Waals surface area contributed by atoms with Crippen LogP contribution in [0, 0.1) is 11.3 Å². The molecule has 0 spiro atoms. The molecule has 24 heavy (non-hydrogen) atoms. The Morgan fingerprint density at radius 1 is 1.25 bits per heavy atom. The van der Waals surface area contributed by atoms with E-state index in [1.165, 1.54) is 0 Å². The Morgan fingerprint density at radius 2 is 2.08 bits per heavy atom. The average Bonchev–Trinajstić information content (AvgIpc) is 2.60. The highest BCUT2D eigenvalue weighted by molar-refractivity contribution is 6.02. The van der Waals surface area contributed by atoms with Gasteiger partial charge < -0.3 is 9.84 Å². The van der Waals surface area contributed by atoms with E-state index in [9.17, 15) is 15.2 Å². The highest BCUT2D eigenvalue weighted by Gasteiger charge is 2.15. The molecule has 0 radical (unpaired) electrons. The fourth-order valence-electron chi connectivity index (χ4n) is 2.66. The number of hydrogen-bond donors (Lipinski definition) is 1. The molecule has 0 saturated carbocycles. The first-order chi connectivity index (χ1) is 11.7. The number of carboxylic acids is 1. The standard InChI is InChI=1S/C19H14N2O3/c1-2-24-18-17(11-20)15(8-9-21-18)14-5-3-4-12-6-7-13(19(22)23)10-16(12)14/h3-10H,2H2,1H3,(H,22,23). The molecule has 118 valence electrons. The van der Waals surface area contributed by atoms with Crippen LogP contribution in [0.3, 0.4) is 0 Å². The van der Waals surface area contributed by atoms with Crippen LogP contribution in [-0.4, -0.2) is 22.7 Å². The van der Waals surface area contributed by atoms with E-state index in [-0.39, 0.29) is 11.4 Å². The maximum atomic E-state index is 11.3. The summed E-state index contributed by atoms with van der Waals surface area (Å²) in [6, 6.07) is 14.5. The van der Waals surface area contributed by atoms with Gasteiger partial charge in [-0.05, 0) is 41.5 Å². The van der Waals surface area contributed by atoms with Crippen molar-refractivity contribution >= 4 is 16.7 Å². The highest BCUT2D eigenvalue weighted by atomic mass is 16.5. The number of carboxylic acid groups (broad SMARTS) is 1. The monoisotopic (exact) mass is 318 g/mol. The molecule has 0 aliphatic carbocycles. The van der Waals surface area contributed by atoms with Crippen molar-refractivity contribution < 1.29 is 14.6 Å². The molecule has 1 aromatic heterocycles. The fourth-order valence-corrected chi connectivity index (χ4v) is 2.66. The van der Waals surface area contributed by atoms with Crippen molar-refractivity contribution in [3.8, 4) is 23.1 Å². The van der Waals surface area contributed by atoms with E-state index in [4.69, 9.17) is 4.74 Å². The van der Waals surface area contributed by atoms with Gasteiger partial charge in [0.15, 0.2) is 0 Å². The lowest BCUT2D eigenvalue weighted by Crippen LogP contribution is -1.99. The molecule has 0 unspecified atom stereocenters. The van der Waals surface area contributed by atoms with E-state index < -0.39 is 5.97 Å². The first-order valence-corrected chi connectivity index (χ1v) is 7.44. The minimum Gasteiger partial charge on any atom is -0.478 e. The molecule has 5 heteroatoms. The molecule has 3 aromatic rings. The first-order valence-electron chi connectivity index (χ1n) is 7.44. The van der Waals surface area contributed by atoms with Crippen LogP contribution in [0.1, 0.15) is 22.8 Å². The van der Waals surface area contributed by atoms with Gasteiger partial charge in [-0.25, -0.2) is 9.78 Å². The van der Waals surface area contributed by atoms with Gasteiger partial charge in [-0.15, -0.1) is 0 Å². The Kier molecular flexibility index (Phi) is 4.13. The van der Waals surface area contributed by atoms with Crippen LogP contribution in [0.5, 0.6) is 5.88 Å². The summed E-state index contributed by atoms with van der Waals surface area (Å²) in [7, 11) is 0. The number of rotatable bonds is 4. The highest BCUT2D eigenvalue weighted by Crippen LogP contribution is 2.34. The van der Waals surface area contributed by atoms with Gasteiger partial charge in [0.25, 0.3) is 0 Å². The third-order valence-corrected chi connectivity index (χ3v) is 3.73. The number of ether oxygens (including phenoxy) is 1. The smallest absolute Gasteiger partial charge is 0.335 e. The van der Waals surface area contributed by atoms with Crippen LogP contribution < -0.4 is 4.74 Å². The van der Waals surface area contributed by atoms with E-state index in [0.717, 1.165) is 16.3 Å². The number of hydrogen-bond acceptors (Lipinski definition) is 4. The number of aromatic nitrogens is 1. The lowest BCUT2D eigenvalue weighted by molar-refractivity contribution is 0.0697. The second kappa shape index (κ2) is 6.39. The second-order valence-corrected chi connectivity index (χ2v) is 5.13. The zero-order chi connectivity index (χ0) is 17.1. The van der Waals surface area contributed by atoms with Crippen molar-refractivity contribution in [2.75, 3.05) is 6.61 Å². The van der Waals surface area contributed by atoms with Crippen LogP contribution in [0.15, 0.2) is 48.7 Å². The number of nitriles is 1. The predicted octanol–water partition coefficient (Wildman–Crippen LogP) is 3.87. The van der Waals surface area contributed by atoms with Crippen LogP contribution >= 0.6 is 0 Å². The zero-order valence-electron chi connectivity index (χ0n) is 13.0.